The van der Waals surface area contributed by atoms with Crippen LogP contribution in [-0.2, 0) is 21.2 Å². The van der Waals surface area contributed by atoms with Gasteiger partial charge in [-0.1, -0.05) is 35.9 Å². The Morgan fingerprint density at radius 2 is 1.83 bits per heavy atom. The van der Waals surface area contributed by atoms with Gasteiger partial charge in [0.1, 0.15) is 45.7 Å². The smallest absolute Gasteiger partial charge is 0.311 e. The van der Waals surface area contributed by atoms with E-state index in [1.165, 1.54) is 6.26 Å². The highest BCUT2D eigenvalue weighted by Gasteiger charge is 2.63. The summed E-state index contributed by atoms with van der Waals surface area (Å²) in [5.74, 6) is 0.697. The van der Waals surface area contributed by atoms with Crippen molar-refractivity contribution in [2.45, 2.75) is 25.0 Å². The fraction of sp³-hybridized carbons (Fsp3) is 0.296. The van der Waals surface area contributed by atoms with Crippen LogP contribution in [0.3, 0.4) is 0 Å². The zero-order chi connectivity index (χ0) is 25.4. The number of carboxylic acid groups (broad SMARTS) is 1. The second-order valence-corrected chi connectivity index (χ2v) is 11.8. The van der Waals surface area contributed by atoms with Crippen molar-refractivity contribution in [3.05, 3.63) is 76.8 Å². The van der Waals surface area contributed by atoms with Crippen LogP contribution in [0.1, 0.15) is 23.5 Å². The Balaban J connectivity index is 1.20. The fourth-order valence-electron chi connectivity index (χ4n) is 4.55. The van der Waals surface area contributed by atoms with E-state index in [-0.39, 0.29) is 17.8 Å². The summed E-state index contributed by atoms with van der Waals surface area (Å²) in [6.45, 7) is 0.640. The van der Waals surface area contributed by atoms with Crippen molar-refractivity contribution in [1.29, 1.82) is 0 Å². The van der Waals surface area contributed by atoms with Gasteiger partial charge in [-0.3, -0.25) is 4.79 Å². The van der Waals surface area contributed by atoms with Crippen LogP contribution in [0.4, 0.5) is 0 Å². The van der Waals surface area contributed by atoms with Gasteiger partial charge < -0.3 is 19.3 Å². The van der Waals surface area contributed by atoms with Crippen LogP contribution in [0, 0.1) is 5.92 Å². The SMILES string of the molecule is CS(=O)(=O)CCCOc1ccc(-c2cccc(COc3ccc4c(c3)O[C@H]3[C@H](C(=O)O)[C@@H]43)c2)c(Cl)c1. The van der Waals surface area contributed by atoms with Gasteiger partial charge in [-0.05, 0) is 47.9 Å². The van der Waals surface area contributed by atoms with E-state index in [1.54, 1.807) is 6.07 Å². The molecule has 5 rings (SSSR count). The first-order valence-corrected chi connectivity index (χ1v) is 14.0. The van der Waals surface area contributed by atoms with Crippen LogP contribution in [0.25, 0.3) is 11.1 Å². The average molecular weight is 529 g/mol. The minimum Gasteiger partial charge on any atom is -0.494 e. The molecule has 0 spiro atoms. The highest BCUT2D eigenvalue weighted by Crippen LogP contribution is 2.58. The molecule has 7 nitrogen and oxygen atoms in total. The molecule has 3 aromatic carbocycles. The van der Waals surface area contributed by atoms with Crippen LogP contribution >= 0.6 is 11.6 Å². The Morgan fingerprint density at radius 3 is 2.58 bits per heavy atom. The molecule has 1 N–H and O–H groups in total. The quantitative estimate of drug-likeness (QED) is 0.371. The largest absolute Gasteiger partial charge is 0.494 e. The maximum absolute atomic E-state index is 11.2. The summed E-state index contributed by atoms with van der Waals surface area (Å²) < 4.78 is 39.8. The van der Waals surface area contributed by atoms with E-state index < -0.39 is 21.7 Å². The monoisotopic (exact) mass is 528 g/mol. The lowest BCUT2D eigenvalue weighted by molar-refractivity contribution is -0.139. The van der Waals surface area contributed by atoms with E-state index in [1.807, 2.05) is 54.6 Å². The second-order valence-electron chi connectivity index (χ2n) is 9.13. The van der Waals surface area contributed by atoms with E-state index >= 15 is 0 Å². The first kappa shape index (κ1) is 24.5. The normalized spacial score (nSPS) is 19.7. The molecule has 0 aromatic heterocycles. The summed E-state index contributed by atoms with van der Waals surface area (Å²) in [6.07, 6.45) is 1.36. The molecule has 3 aromatic rings. The maximum Gasteiger partial charge on any atom is 0.311 e. The Labute approximate surface area is 214 Å². The molecule has 188 valence electrons. The highest BCUT2D eigenvalue weighted by molar-refractivity contribution is 7.90. The van der Waals surface area contributed by atoms with E-state index in [0.29, 0.717) is 41.9 Å². The number of halogens is 1. The van der Waals surface area contributed by atoms with Gasteiger partial charge >= 0.3 is 5.97 Å². The minimum absolute atomic E-state index is 0.0581. The summed E-state index contributed by atoms with van der Waals surface area (Å²) in [6, 6.07) is 18.8. The van der Waals surface area contributed by atoms with Gasteiger partial charge in [-0.15, -0.1) is 0 Å². The van der Waals surface area contributed by atoms with Crippen LogP contribution in [-0.4, -0.2) is 44.2 Å². The van der Waals surface area contributed by atoms with Gasteiger partial charge in [0.25, 0.3) is 0 Å². The van der Waals surface area contributed by atoms with Crippen molar-refractivity contribution in [1.82, 2.24) is 0 Å². The van der Waals surface area contributed by atoms with Gasteiger partial charge in [0.2, 0.25) is 0 Å². The number of carboxylic acids is 1. The van der Waals surface area contributed by atoms with Crippen molar-refractivity contribution in [2.24, 2.45) is 5.92 Å². The fourth-order valence-corrected chi connectivity index (χ4v) is 5.47. The number of sulfone groups is 1. The van der Waals surface area contributed by atoms with E-state index in [2.05, 4.69) is 0 Å². The molecule has 1 aliphatic carbocycles. The minimum atomic E-state index is -3.01. The maximum atomic E-state index is 11.2. The third-order valence-electron chi connectivity index (χ3n) is 6.36. The molecule has 1 heterocycles. The first-order valence-electron chi connectivity index (χ1n) is 11.6. The first-order chi connectivity index (χ1) is 17.2. The van der Waals surface area contributed by atoms with E-state index in [9.17, 15) is 18.3 Å². The standard InChI is InChI=1S/C27H25ClO7S/c1-36(31,32)11-3-10-33-18-6-8-20(22(28)13-18)17-5-2-4-16(12-17)15-34-19-7-9-21-23(14-19)35-26-24(21)25(26)27(29)30/h2,4-9,12-14,24-26H,3,10-11,15H2,1H3,(H,29,30)/t24-,25-,26-/m1/s1. The number of hydrogen-bond acceptors (Lipinski definition) is 6. The Kier molecular flexibility index (Phi) is 6.57. The predicted molar refractivity (Wildman–Crippen MR) is 136 cm³/mol. The lowest BCUT2D eigenvalue weighted by atomic mass is 10.0. The third kappa shape index (κ3) is 5.29. The zero-order valence-corrected chi connectivity index (χ0v) is 21.1. The molecule has 0 radical (unpaired) electrons. The number of ether oxygens (including phenoxy) is 3. The Morgan fingerprint density at radius 1 is 1.06 bits per heavy atom. The van der Waals surface area contributed by atoms with Gasteiger partial charge in [0.15, 0.2) is 0 Å². The molecule has 1 aliphatic heterocycles. The topological polar surface area (TPSA) is 99.1 Å². The molecule has 9 heteroatoms. The Hall–Kier alpha value is -3.23. The van der Waals surface area contributed by atoms with E-state index in [4.69, 9.17) is 25.8 Å². The van der Waals surface area contributed by atoms with Crippen molar-refractivity contribution < 1.29 is 32.5 Å². The number of hydrogen-bond donors (Lipinski definition) is 1. The van der Waals surface area contributed by atoms with Crippen LogP contribution in [0.5, 0.6) is 17.2 Å². The van der Waals surface area contributed by atoms with E-state index in [0.717, 1.165) is 22.3 Å². The summed E-state index contributed by atoms with van der Waals surface area (Å²) in [4.78, 5) is 11.2. The number of rotatable bonds is 10. The van der Waals surface area contributed by atoms with Gasteiger partial charge in [0, 0.05) is 29.4 Å². The molecule has 0 saturated heterocycles. The number of fused-ring (bicyclic) bond motifs is 3. The molecule has 0 bridgehead atoms. The molecular formula is C27H25ClO7S. The van der Waals surface area contributed by atoms with Crippen molar-refractivity contribution in [2.75, 3.05) is 18.6 Å². The molecule has 36 heavy (non-hydrogen) atoms. The molecule has 3 atom stereocenters. The van der Waals surface area contributed by atoms with Crippen LogP contribution in [0.15, 0.2) is 60.7 Å². The second kappa shape index (κ2) is 9.67. The summed E-state index contributed by atoms with van der Waals surface area (Å²) in [5.41, 5.74) is 3.67. The summed E-state index contributed by atoms with van der Waals surface area (Å²) in [5, 5.41) is 9.75. The van der Waals surface area contributed by atoms with Crippen LogP contribution < -0.4 is 14.2 Å². The third-order valence-corrected chi connectivity index (χ3v) is 7.70. The van der Waals surface area contributed by atoms with Crippen molar-refractivity contribution in [3.63, 3.8) is 0 Å². The predicted octanol–water partition coefficient (Wildman–Crippen LogP) is 4.96. The molecule has 2 aliphatic rings. The van der Waals surface area contributed by atoms with Crippen molar-refractivity contribution >= 4 is 27.4 Å². The van der Waals surface area contributed by atoms with Gasteiger partial charge in [-0.25, -0.2) is 8.42 Å². The average Bonchev–Trinajstić information content (AvgIpc) is 3.43. The van der Waals surface area contributed by atoms with Crippen LogP contribution in [0.2, 0.25) is 5.02 Å². The summed E-state index contributed by atoms with van der Waals surface area (Å²) >= 11 is 6.52. The van der Waals surface area contributed by atoms with Gasteiger partial charge in [0.05, 0.1) is 17.4 Å². The number of aliphatic carboxylic acids is 1. The molecule has 1 saturated carbocycles. The molecular weight excluding hydrogens is 504 g/mol. The molecule has 1 fully saturated rings. The Bertz CT molecular complexity index is 1420. The summed E-state index contributed by atoms with van der Waals surface area (Å²) in [7, 11) is -3.01. The van der Waals surface area contributed by atoms with Gasteiger partial charge in [-0.2, -0.15) is 0 Å². The molecule has 0 amide bonds. The lowest BCUT2D eigenvalue weighted by Crippen LogP contribution is -2.08. The highest BCUT2D eigenvalue weighted by atomic mass is 35.5. The molecule has 0 unspecified atom stereocenters. The van der Waals surface area contributed by atoms with Crippen molar-refractivity contribution in [3.8, 4) is 28.4 Å². The number of carbonyl (C=O) groups is 1. The lowest BCUT2D eigenvalue weighted by Gasteiger charge is -2.12. The zero-order valence-electron chi connectivity index (χ0n) is 19.5. The number of benzene rings is 3.